The summed E-state index contributed by atoms with van der Waals surface area (Å²) in [6.45, 7) is 7.46. The average molecular weight is 406 g/mol. The summed E-state index contributed by atoms with van der Waals surface area (Å²) in [5.74, 6) is 0.501. The van der Waals surface area contributed by atoms with E-state index in [1.165, 1.54) is 0 Å². The first kappa shape index (κ1) is 20.0. The number of aromatic nitrogens is 4. The number of nitrogen functional groups attached to an aromatic ring is 1. The van der Waals surface area contributed by atoms with Crippen molar-refractivity contribution < 1.29 is 9.53 Å². The molecular weight excluding hydrogens is 380 g/mol. The van der Waals surface area contributed by atoms with Gasteiger partial charge in [-0.1, -0.05) is 29.5 Å². The minimum atomic E-state index is -0.108. The van der Waals surface area contributed by atoms with E-state index in [1.807, 2.05) is 55.3 Å². The van der Waals surface area contributed by atoms with Crippen molar-refractivity contribution in [3.63, 3.8) is 0 Å². The zero-order valence-electron chi connectivity index (χ0n) is 17.4. The fourth-order valence-corrected chi connectivity index (χ4v) is 3.52. The number of carbonyl (C=O) groups is 1. The van der Waals surface area contributed by atoms with Crippen LogP contribution >= 0.6 is 0 Å². The zero-order chi connectivity index (χ0) is 21.3. The lowest BCUT2D eigenvalue weighted by atomic mass is 10.0. The van der Waals surface area contributed by atoms with E-state index >= 15 is 0 Å². The second-order valence-corrected chi connectivity index (χ2v) is 7.78. The van der Waals surface area contributed by atoms with Gasteiger partial charge in [-0.15, -0.1) is 5.10 Å². The monoisotopic (exact) mass is 406 g/mol. The Kier molecular flexibility index (Phi) is 5.50. The second-order valence-electron chi connectivity index (χ2n) is 7.78. The minimum absolute atomic E-state index is 0.0785. The van der Waals surface area contributed by atoms with E-state index in [0.717, 1.165) is 22.3 Å². The summed E-state index contributed by atoms with van der Waals surface area (Å²) in [4.78, 5) is 17.9. The lowest BCUT2D eigenvalue weighted by Crippen LogP contribution is -2.41. The fraction of sp³-hybridized carbons (Fsp3) is 0.364. The Balaban J connectivity index is 1.58. The van der Waals surface area contributed by atoms with E-state index in [0.29, 0.717) is 31.2 Å². The molecule has 1 amide bonds. The van der Waals surface area contributed by atoms with Crippen LogP contribution in [0.25, 0.3) is 22.4 Å². The summed E-state index contributed by atoms with van der Waals surface area (Å²) in [5.41, 5.74) is 10.6. The molecule has 156 valence electrons. The van der Waals surface area contributed by atoms with Crippen LogP contribution < -0.4 is 5.73 Å². The Bertz CT molecular complexity index is 1040. The number of rotatable bonds is 4. The molecule has 2 N–H and O–H groups in total. The summed E-state index contributed by atoms with van der Waals surface area (Å²) in [7, 11) is 0. The quantitative estimate of drug-likeness (QED) is 0.715. The van der Waals surface area contributed by atoms with Gasteiger partial charge in [-0.2, -0.15) is 0 Å². The van der Waals surface area contributed by atoms with Crippen molar-refractivity contribution in [3.8, 4) is 22.4 Å². The minimum Gasteiger partial charge on any atom is -0.383 e. The van der Waals surface area contributed by atoms with Crippen molar-refractivity contribution in [1.82, 2.24) is 24.9 Å². The summed E-state index contributed by atoms with van der Waals surface area (Å²) < 4.78 is 7.66. The molecule has 2 aromatic heterocycles. The molecule has 0 saturated carbocycles. The van der Waals surface area contributed by atoms with Gasteiger partial charge in [0.2, 0.25) is 5.91 Å². The highest BCUT2D eigenvalue weighted by Crippen LogP contribution is 2.30. The number of amides is 1. The molecule has 0 radical (unpaired) electrons. The van der Waals surface area contributed by atoms with Crippen LogP contribution in [0.4, 0.5) is 5.82 Å². The second kappa shape index (κ2) is 8.23. The smallest absolute Gasteiger partial charge is 0.219 e. The largest absolute Gasteiger partial charge is 0.383 e. The van der Waals surface area contributed by atoms with E-state index in [4.69, 9.17) is 10.5 Å². The number of ether oxygens (including phenoxy) is 1. The van der Waals surface area contributed by atoms with E-state index in [1.54, 1.807) is 17.8 Å². The van der Waals surface area contributed by atoms with Gasteiger partial charge < -0.3 is 15.4 Å². The predicted octanol–water partition coefficient (Wildman–Crippen LogP) is 3.09. The van der Waals surface area contributed by atoms with Crippen molar-refractivity contribution >= 4 is 11.7 Å². The van der Waals surface area contributed by atoms with E-state index in [-0.39, 0.29) is 18.1 Å². The lowest BCUT2D eigenvalue weighted by Gasteiger charge is -2.32. The lowest BCUT2D eigenvalue weighted by molar-refractivity contribution is -0.136. The maximum atomic E-state index is 11.7. The Morgan fingerprint density at radius 2 is 2.00 bits per heavy atom. The summed E-state index contributed by atoms with van der Waals surface area (Å²) in [5, 5.41) is 8.40. The Hall–Kier alpha value is -3.26. The molecule has 0 bridgehead atoms. The molecule has 1 aliphatic rings. The molecule has 8 heteroatoms. The summed E-state index contributed by atoms with van der Waals surface area (Å²) >= 11 is 0. The van der Waals surface area contributed by atoms with Crippen LogP contribution in [0.2, 0.25) is 0 Å². The molecular formula is C22H26N6O2. The van der Waals surface area contributed by atoms with Crippen molar-refractivity contribution in [2.45, 2.75) is 32.9 Å². The molecule has 30 heavy (non-hydrogen) atoms. The third kappa shape index (κ3) is 4.04. The molecule has 8 nitrogen and oxygen atoms in total. The standard InChI is InChI=1S/C22H26N6O2/c1-14(2)28-12-20(25-26-28)19-10-18(11-24-22(19)23)16-4-6-17(7-5-16)21-13-27(15(3)29)8-9-30-21/h4-7,10-12,14,21H,8-9,13H2,1-3H3,(H2,23,24). The molecule has 1 unspecified atom stereocenters. The SMILES string of the molecule is CC(=O)N1CCOC(c2ccc(-c3cnc(N)c(-c4cn(C(C)C)nn4)c3)cc2)C1. The van der Waals surface area contributed by atoms with Crippen LogP contribution in [-0.4, -0.2) is 50.5 Å². The Morgan fingerprint density at radius 1 is 1.23 bits per heavy atom. The predicted molar refractivity (Wildman–Crippen MR) is 114 cm³/mol. The Morgan fingerprint density at radius 3 is 2.67 bits per heavy atom. The molecule has 1 aromatic carbocycles. The van der Waals surface area contributed by atoms with Gasteiger partial charge in [0.25, 0.3) is 0 Å². The fourth-order valence-electron chi connectivity index (χ4n) is 3.52. The highest BCUT2D eigenvalue weighted by atomic mass is 16.5. The van der Waals surface area contributed by atoms with Crippen LogP contribution in [-0.2, 0) is 9.53 Å². The van der Waals surface area contributed by atoms with Crippen LogP contribution in [0.1, 0.15) is 38.5 Å². The van der Waals surface area contributed by atoms with Crippen molar-refractivity contribution in [3.05, 3.63) is 48.3 Å². The van der Waals surface area contributed by atoms with Gasteiger partial charge in [0.1, 0.15) is 17.6 Å². The first-order chi connectivity index (χ1) is 14.4. The van der Waals surface area contributed by atoms with Crippen LogP contribution in [0.3, 0.4) is 0 Å². The van der Waals surface area contributed by atoms with Crippen LogP contribution in [0.15, 0.2) is 42.7 Å². The van der Waals surface area contributed by atoms with Gasteiger partial charge in [-0.25, -0.2) is 9.67 Å². The number of benzene rings is 1. The number of morpholine rings is 1. The van der Waals surface area contributed by atoms with Gasteiger partial charge in [-0.3, -0.25) is 4.79 Å². The number of nitrogens with zero attached hydrogens (tertiary/aromatic N) is 5. The number of anilines is 1. The van der Waals surface area contributed by atoms with Crippen molar-refractivity contribution in [1.29, 1.82) is 0 Å². The Labute approximate surface area is 175 Å². The number of pyridine rings is 1. The topological polar surface area (TPSA) is 99.2 Å². The van der Waals surface area contributed by atoms with E-state index in [2.05, 4.69) is 15.3 Å². The maximum Gasteiger partial charge on any atom is 0.219 e. The zero-order valence-corrected chi connectivity index (χ0v) is 17.4. The highest BCUT2D eigenvalue weighted by Gasteiger charge is 2.23. The van der Waals surface area contributed by atoms with Crippen molar-refractivity contribution in [2.24, 2.45) is 0 Å². The normalized spacial score (nSPS) is 16.8. The molecule has 1 aliphatic heterocycles. The number of carbonyl (C=O) groups excluding carboxylic acids is 1. The van der Waals surface area contributed by atoms with Gasteiger partial charge in [-0.05, 0) is 31.0 Å². The van der Waals surface area contributed by atoms with Crippen LogP contribution in [0.5, 0.6) is 0 Å². The molecule has 3 heterocycles. The average Bonchev–Trinajstić information content (AvgIpc) is 3.25. The third-order valence-electron chi connectivity index (χ3n) is 5.36. The molecule has 0 spiro atoms. The molecule has 3 aromatic rings. The van der Waals surface area contributed by atoms with Gasteiger partial charge in [0.05, 0.1) is 19.3 Å². The van der Waals surface area contributed by atoms with Gasteiger partial charge in [0, 0.05) is 36.8 Å². The van der Waals surface area contributed by atoms with Gasteiger partial charge >= 0.3 is 0 Å². The van der Waals surface area contributed by atoms with E-state index < -0.39 is 0 Å². The molecule has 1 saturated heterocycles. The van der Waals surface area contributed by atoms with Crippen molar-refractivity contribution in [2.75, 3.05) is 25.4 Å². The van der Waals surface area contributed by atoms with E-state index in [9.17, 15) is 4.79 Å². The highest BCUT2D eigenvalue weighted by molar-refractivity contribution is 5.77. The number of nitrogens with two attached hydrogens (primary N) is 1. The maximum absolute atomic E-state index is 11.7. The number of hydrogen-bond acceptors (Lipinski definition) is 6. The third-order valence-corrected chi connectivity index (χ3v) is 5.36. The first-order valence-corrected chi connectivity index (χ1v) is 10.1. The van der Waals surface area contributed by atoms with Crippen LogP contribution in [0, 0.1) is 0 Å². The molecule has 1 atom stereocenters. The summed E-state index contributed by atoms with van der Waals surface area (Å²) in [6, 6.07) is 10.3. The summed E-state index contributed by atoms with van der Waals surface area (Å²) in [6.07, 6.45) is 3.53. The molecule has 0 aliphatic carbocycles. The number of hydrogen-bond donors (Lipinski definition) is 1. The van der Waals surface area contributed by atoms with Gasteiger partial charge in [0.15, 0.2) is 0 Å². The first-order valence-electron chi connectivity index (χ1n) is 10.1. The molecule has 4 rings (SSSR count). The molecule has 1 fully saturated rings.